The van der Waals surface area contributed by atoms with E-state index in [9.17, 15) is 4.79 Å². The van der Waals surface area contributed by atoms with Crippen LogP contribution in [0.15, 0.2) is 54.6 Å². The number of hydrogen-bond acceptors (Lipinski definition) is 5. The normalized spacial score (nSPS) is 15.3. The first-order chi connectivity index (χ1) is 14.2. The molecule has 0 bridgehead atoms. The lowest BCUT2D eigenvalue weighted by Gasteiger charge is -2.34. The first-order valence-electron chi connectivity index (χ1n) is 10.0. The molecule has 2 heterocycles. The molecule has 4 rings (SSSR count). The number of nitrogens with one attached hydrogen (secondary N) is 1. The lowest BCUT2D eigenvalue weighted by molar-refractivity contribution is -0.116. The molecule has 1 aliphatic rings. The summed E-state index contributed by atoms with van der Waals surface area (Å²) < 4.78 is 1.26. The van der Waals surface area contributed by atoms with Gasteiger partial charge in [0, 0.05) is 45.3 Å². The summed E-state index contributed by atoms with van der Waals surface area (Å²) in [5.41, 5.74) is 3.39. The van der Waals surface area contributed by atoms with E-state index in [0.29, 0.717) is 6.54 Å². The molecule has 1 fully saturated rings. The van der Waals surface area contributed by atoms with Crippen LogP contribution in [0.25, 0.3) is 16.3 Å². The summed E-state index contributed by atoms with van der Waals surface area (Å²) in [4.78, 5) is 21.5. The summed E-state index contributed by atoms with van der Waals surface area (Å²) in [5, 5.41) is 4.09. The Hall–Kier alpha value is -2.70. The van der Waals surface area contributed by atoms with E-state index >= 15 is 0 Å². The molecule has 6 heteroatoms. The highest BCUT2D eigenvalue weighted by Gasteiger charge is 2.19. The summed E-state index contributed by atoms with van der Waals surface area (Å²) in [6.07, 6.45) is 3.44. The minimum absolute atomic E-state index is 0.0442. The molecular weight excluding hydrogens is 380 g/mol. The third-order valence-electron chi connectivity index (χ3n) is 5.13. The van der Waals surface area contributed by atoms with Gasteiger partial charge in [0.05, 0.1) is 10.2 Å². The Morgan fingerprint density at radius 3 is 2.72 bits per heavy atom. The average Bonchev–Trinajstić information content (AvgIpc) is 3.17. The molecule has 5 nitrogen and oxygen atoms in total. The monoisotopic (exact) mass is 406 g/mol. The summed E-state index contributed by atoms with van der Waals surface area (Å²) in [6, 6.07) is 16.3. The standard InChI is InChI=1S/C23H26N4OS/c1-18-7-9-20-21(17-18)29-23(25-20)27-15-13-26(14-16-27)12-11-24-22(28)10-8-19-5-3-2-4-6-19/h2-10,17H,11-16H2,1H3,(H,24,28)/b10-8+. The molecular formula is C23H26N4OS. The van der Waals surface area contributed by atoms with E-state index in [2.05, 4.69) is 40.2 Å². The highest BCUT2D eigenvalue weighted by atomic mass is 32.1. The lowest BCUT2D eigenvalue weighted by Crippen LogP contribution is -2.48. The Labute approximate surface area is 175 Å². The molecule has 0 radical (unpaired) electrons. The first kappa shape index (κ1) is 19.6. The van der Waals surface area contributed by atoms with Crippen molar-refractivity contribution in [2.45, 2.75) is 6.92 Å². The quantitative estimate of drug-likeness (QED) is 0.636. The minimum Gasteiger partial charge on any atom is -0.351 e. The second-order valence-corrected chi connectivity index (χ2v) is 8.34. The highest BCUT2D eigenvalue weighted by Crippen LogP contribution is 2.29. The zero-order chi connectivity index (χ0) is 20.1. The fraction of sp³-hybridized carbons (Fsp3) is 0.304. The number of amides is 1. The molecule has 0 saturated carbocycles. The number of thiazole rings is 1. The van der Waals surface area contributed by atoms with Crippen LogP contribution in [-0.2, 0) is 4.79 Å². The number of nitrogens with zero attached hydrogens (tertiary/aromatic N) is 3. The number of fused-ring (bicyclic) bond motifs is 1. The van der Waals surface area contributed by atoms with Crippen molar-refractivity contribution < 1.29 is 4.79 Å². The van der Waals surface area contributed by atoms with Gasteiger partial charge < -0.3 is 10.2 Å². The van der Waals surface area contributed by atoms with Crippen molar-refractivity contribution in [3.05, 3.63) is 65.7 Å². The van der Waals surface area contributed by atoms with Gasteiger partial charge in [-0.05, 0) is 36.3 Å². The topological polar surface area (TPSA) is 48.5 Å². The zero-order valence-corrected chi connectivity index (χ0v) is 17.5. The molecule has 3 aromatic rings. The molecule has 0 spiro atoms. The molecule has 1 aromatic heterocycles. The third-order valence-corrected chi connectivity index (χ3v) is 6.21. The van der Waals surface area contributed by atoms with Gasteiger partial charge >= 0.3 is 0 Å². The van der Waals surface area contributed by atoms with Gasteiger partial charge in [-0.3, -0.25) is 9.69 Å². The maximum absolute atomic E-state index is 12.0. The molecule has 1 saturated heterocycles. The van der Waals surface area contributed by atoms with Crippen LogP contribution < -0.4 is 10.2 Å². The third kappa shape index (κ3) is 5.22. The van der Waals surface area contributed by atoms with Crippen LogP contribution in [0.3, 0.4) is 0 Å². The number of piperazine rings is 1. The van der Waals surface area contributed by atoms with Crippen LogP contribution in [0.5, 0.6) is 0 Å². The minimum atomic E-state index is -0.0442. The SMILES string of the molecule is Cc1ccc2nc(N3CCN(CCNC(=O)/C=C/c4ccccc4)CC3)sc2c1. The number of aromatic nitrogens is 1. The molecule has 0 aliphatic carbocycles. The van der Waals surface area contributed by atoms with E-state index < -0.39 is 0 Å². The maximum Gasteiger partial charge on any atom is 0.244 e. The van der Waals surface area contributed by atoms with E-state index in [1.165, 1.54) is 10.3 Å². The van der Waals surface area contributed by atoms with Crippen LogP contribution in [0, 0.1) is 6.92 Å². The van der Waals surface area contributed by atoms with Crippen molar-refractivity contribution in [1.82, 2.24) is 15.2 Å². The summed E-state index contributed by atoms with van der Waals surface area (Å²) in [5.74, 6) is -0.0442. The smallest absolute Gasteiger partial charge is 0.244 e. The Kier molecular flexibility index (Phi) is 6.22. The van der Waals surface area contributed by atoms with Gasteiger partial charge in [-0.2, -0.15) is 0 Å². The molecule has 2 aromatic carbocycles. The summed E-state index contributed by atoms with van der Waals surface area (Å²) in [6.45, 7) is 7.58. The molecule has 1 aliphatic heterocycles. The van der Waals surface area contributed by atoms with Crippen molar-refractivity contribution in [1.29, 1.82) is 0 Å². The molecule has 150 valence electrons. The average molecular weight is 407 g/mol. The predicted octanol–water partition coefficient (Wildman–Crippen LogP) is 3.56. The Balaban J connectivity index is 1.20. The van der Waals surface area contributed by atoms with Crippen LogP contribution in [0.4, 0.5) is 5.13 Å². The van der Waals surface area contributed by atoms with Crippen molar-refractivity contribution in [2.75, 3.05) is 44.2 Å². The number of carbonyl (C=O) groups is 1. The van der Waals surface area contributed by atoms with Gasteiger partial charge in [0.1, 0.15) is 0 Å². The van der Waals surface area contributed by atoms with Crippen molar-refractivity contribution in [2.24, 2.45) is 0 Å². The fourth-order valence-corrected chi connectivity index (χ4v) is 4.57. The Bertz CT molecular complexity index is 991. The second kappa shape index (κ2) is 9.20. The van der Waals surface area contributed by atoms with Gasteiger partial charge in [-0.25, -0.2) is 4.98 Å². The number of anilines is 1. The van der Waals surface area contributed by atoms with Crippen LogP contribution in [-0.4, -0.2) is 55.1 Å². The van der Waals surface area contributed by atoms with E-state index in [1.807, 2.05) is 36.4 Å². The van der Waals surface area contributed by atoms with Gasteiger partial charge in [-0.1, -0.05) is 47.7 Å². The van der Waals surface area contributed by atoms with Gasteiger partial charge in [-0.15, -0.1) is 0 Å². The van der Waals surface area contributed by atoms with Crippen LogP contribution in [0.1, 0.15) is 11.1 Å². The van der Waals surface area contributed by atoms with E-state index in [1.54, 1.807) is 17.4 Å². The summed E-state index contributed by atoms with van der Waals surface area (Å²) in [7, 11) is 0. The Morgan fingerprint density at radius 1 is 1.14 bits per heavy atom. The molecule has 0 atom stereocenters. The summed E-state index contributed by atoms with van der Waals surface area (Å²) >= 11 is 1.78. The van der Waals surface area contributed by atoms with Crippen molar-refractivity contribution >= 4 is 38.7 Å². The number of benzene rings is 2. The molecule has 0 unspecified atom stereocenters. The number of hydrogen-bond donors (Lipinski definition) is 1. The van der Waals surface area contributed by atoms with Gasteiger partial charge in [0.25, 0.3) is 0 Å². The highest BCUT2D eigenvalue weighted by molar-refractivity contribution is 7.22. The molecule has 1 amide bonds. The number of carbonyl (C=O) groups excluding carboxylic acids is 1. The second-order valence-electron chi connectivity index (χ2n) is 7.33. The van der Waals surface area contributed by atoms with Gasteiger partial charge in [0.2, 0.25) is 5.91 Å². The number of rotatable bonds is 6. The van der Waals surface area contributed by atoms with Crippen LogP contribution in [0.2, 0.25) is 0 Å². The van der Waals surface area contributed by atoms with E-state index in [4.69, 9.17) is 4.98 Å². The van der Waals surface area contributed by atoms with Crippen molar-refractivity contribution in [3.8, 4) is 0 Å². The molecule has 1 N–H and O–H groups in total. The maximum atomic E-state index is 12.0. The predicted molar refractivity (Wildman–Crippen MR) is 121 cm³/mol. The zero-order valence-electron chi connectivity index (χ0n) is 16.7. The lowest BCUT2D eigenvalue weighted by atomic mass is 10.2. The number of aryl methyl sites for hydroxylation is 1. The van der Waals surface area contributed by atoms with E-state index in [-0.39, 0.29) is 5.91 Å². The largest absolute Gasteiger partial charge is 0.351 e. The Morgan fingerprint density at radius 2 is 1.93 bits per heavy atom. The molecule has 29 heavy (non-hydrogen) atoms. The van der Waals surface area contributed by atoms with Crippen molar-refractivity contribution in [3.63, 3.8) is 0 Å². The van der Waals surface area contributed by atoms with Gasteiger partial charge in [0.15, 0.2) is 5.13 Å². The fourth-order valence-electron chi connectivity index (χ4n) is 3.45. The first-order valence-corrected chi connectivity index (χ1v) is 10.8. The van der Waals surface area contributed by atoms with E-state index in [0.717, 1.165) is 48.9 Å². The van der Waals surface area contributed by atoms with Crippen LogP contribution >= 0.6 is 11.3 Å².